The molecule has 0 aromatic heterocycles. The number of nitro groups is 1. The largest absolute Gasteiger partial charge is 0.447 e. The number of benzene rings is 2. The van der Waals surface area contributed by atoms with Crippen molar-refractivity contribution in [2.75, 3.05) is 0 Å². The summed E-state index contributed by atoms with van der Waals surface area (Å²) < 4.78 is 6.13. The maximum absolute atomic E-state index is 11.0. The van der Waals surface area contributed by atoms with E-state index in [1.165, 1.54) is 18.2 Å². The number of nitrogens with zero attached hydrogens (tertiary/aromatic N) is 1. The Labute approximate surface area is 134 Å². The standard InChI is InChI=1S/C14H11BrClNO4/c1-8(18)9-5-6-13(10(15)7-9)21-14-11(16)3-2-4-12(14)17(19)20/h2-8,18H,1H3. The number of hydrogen-bond acceptors (Lipinski definition) is 4. The Kier molecular flexibility index (Phi) is 4.82. The highest BCUT2D eigenvalue weighted by Crippen LogP contribution is 2.40. The fraction of sp³-hybridized carbons (Fsp3) is 0.143. The van der Waals surface area contributed by atoms with Crippen LogP contribution in [0.5, 0.6) is 11.5 Å². The zero-order chi connectivity index (χ0) is 15.6. The molecule has 0 amide bonds. The lowest BCUT2D eigenvalue weighted by Gasteiger charge is -2.11. The van der Waals surface area contributed by atoms with Crippen LogP contribution in [-0.4, -0.2) is 10.0 Å². The number of rotatable bonds is 4. The van der Waals surface area contributed by atoms with E-state index >= 15 is 0 Å². The monoisotopic (exact) mass is 371 g/mol. The highest BCUT2D eigenvalue weighted by atomic mass is 79.9. The van der Waals surface area contributed by atoms with Gasteiger partial charge < -0.3 is 9.84 Å². The van der Waals surface area contributed by atoms with Crippen LogP contribution in [0.1, 0.15) is 18.6 Å². The van der Waals surface area contributed by atoms with Crippen molar-refractivity contribution >= 4 is 33.2 Å². The molecular weight excluding hydrogens is 362 g/mol. The van der Waals surface area contributed by atoms with Crippen molar-refractivity contribution in [3.05, 3.63) is 61.6 Å². The van der Waals surface area contributed by atoms with Crippen molar-refractivity contribution in [3.63, 3.8) is 0 Å². The van der Waals surface area contributed by atoms with Gasteiger partial charge >= 0.3 is 5.69 Å². The molecule has 1 N–H and O–H groups in total. The van der Waals surface area contributed by atoms with E-state index in [2.05, 4.69) is 15.9 Å². The lowest BCUT2D eigenvalue weighted by atomic mass is 10.1. The quantitative estimate of drug-likeness (QED) is 0.614. The van der Waals surface area contributed by atoms with Gasteiger partial charge in [-0.15, -0.1) is 0 Å². The zero-order valence-corrected chi connectivity index (χ0v) is 13.3. The molecule has 2 rings (SSSR count). The van der Waals surface area contributed by atoms with Crippen LogP contribution in [0, 0.1) is 10.1 Å². The number of para-hydroxylation sites is 1. The summed E-state index contributed by atoms with van der Waals surface area (Å²) in [6, 6.07) is 9.29. The first kappa shape index (κ1) is 15.8. The van der Waals surface area contributed by atoms with Gasteiger partial charge in [-0.2, -0.15) is 0 Å². The minimum atomic E-state index is -0.620. The van der Waals surface area contributed by atoms with Crippen molar-refractivity contribution in [1.29, 1.82) is 0 Å². The summed E-state index contributed by atoms with van der Waals surface area (Å²) in [4.78, 5) is 10.5. The maximum atomic E-state index is 11.0. The average molecular weight is 373 g/mol. The predicted octanol–water partition coefficient (Wildman–Crippen LogP) is 4.86. The second kappa shape index (κ2) is 6.43. The molecule has 0 saturated carbocycles. The fourth-order valence-electron chi connectivity index (χ4n) is 1.71. The van der Waals surface area contributed by atoms with Crippen LogP contribution in [0.2, 0.25) is 5.02 Å². The van der Waals surface area contributed by atoms with Crippen molar-refractivity contribution < 1.29 is 14.8 Å². The van der Waals surface area contributed by atoms with Crippen LogP contribution < -0.4 is 4.74 Å². The zero-order valence-electron chi connectivity index (χ0n) is 10.9. The van der Waals surface area contributed by atoms with Crippen molar-refractivity contribution in [3.8, 4) is 11.5 Å². The molecule has 5 nitrogen and oxygen atoms in total. The van der Waals surface area contributed by atoms with E-state index in [0.717, 1.165) is 0 Å². The minimum Gasteiger partial charge on any atom is -0.447 e. The molecule has 0 bridgehead atoms. The smallest absolute Gasteiger partial charge is 0.313 e. The second-order valence-electron chi connectivity index (χ2n) is 4.31. The van der Waals surface area contributed by atoms with Gasteiger partial charge in [0.15, 0.2) is 0 Å². The lowest BCUT2D eigenvalue weighted by molar-refractivity contribution is -0.385. The summed E-state index contributed by atoms with van der Waals surface area (Å²) in [5.74, 6) is 0.352. The number of ether oxygens (including phenoxy) is 1. The SMILES string of the molecule is CC(O)c1ccc(Oc2c(Cl)cccc2[N+](=O)[O-])c(Br)c1. The van der Waals surface area contributed by atoms with Crippen LogP contribution in [-0.2, 0) is 0 Å². The van der Waals surface area contributed by atoms with E-state index in [1.807, 2.05) is 0 Å². The molecule has 0 aliphatic heterocycles. The van der Waals surface area contributed by atoms with Gasteiger partial charge in [-0.05, 0) is 46.6 Å². The number of halogens is 2. The summed E-state index contributed by atoms with van der Waals surface area (Å²) in [7, 11) is 0. The first-order chi connectivity index (χ1) is 9.90. The minimum absolute atomic E-state index is 0.0188. The van der Waals surface area contributed by atoms with Crippen molar-refractivity contribution in [2.45, 2.75) is 13.0 Å². The molecule has 1 unspecified atom stereocenters. The topological polar surface area (TPSA) is 72.6 Å². The molecule has 0 fully saturated rings. The normalized spacial score (nSPS) is 12.0. The molecule has 0 saturated heterocycles. The third kappa shape index (κ3) is 3.53. The molecule has 21 heavy (non-hydrogen) atoms. The van der Waals surface area contributed by atoms with Gasteiger partial charge in [-0.25, -0.2) is 0 Å². The molecule has 7 heteroatoms. The summed E-state index contributed by atoms with van der Waals surface area (Å²) in [6.45, 7) is 1.64. The maximum Gasteiger partial charge on any atom is 0.313 e. The van der Waals surface area contributed by atoms with Gasteiger partial charge in [0.25, 0.3) is 0 Å². The molecule has 1 atom stereocenters. The Hall–Kier alpha value is -1.63. The van der Waals surface area contributed by atoms with Crippen LogP contribution in [0.4, 0.5) is 5.69 Å². The van der Waals surface area contributed by atoms with Crippen LogP contribution >= 0.6 is 27.5 Å². The summed E-state index contributed by atoms with van der Waals surface area (Å²) in [6.07, 6.45) is -0.620. The molecule has 0 aliphatic rings. The number of aliphatic hydroxyl groups is 1. The molecule has 0 heterocycles. The fourth-order valence-corrected chi connectivity index (χ4v) is 2.40. The molecule has 0 aliphatic carbocycles. The van der Waals surface area contributed by atoms with Gasteiger partial charge in [-0.1, -0.05) is 23.7 Å². The van der Waals surface area contributed by atoms with Gasteiger partial charge in [0, 0.05) is 6.07 Å². The first-order valence-corrected chi connectivity index (χ1v) is 7.15. The van der Waals surface area contributed by atoms with Crippen molar-refractivity contribution in [1.82, 2.24) is 0 Å². The lowest BCUT2D eigenvalue weighted by Crippen LogP contribution is -1.96. The highest BCUT2D eigenvalue weighted by molar-refractivity contribution is 9.10. The Bertz CT molecular complexity index is 691. The van der Waals surface area contributed by atoms with E-state index in [0.29, 0.717) is 15.8 Å². The Morgan fingerprint density at radius 1 is 1.38 bits per heavy atom. The summed E-state index contributed by atoms with van der Waals surface area (Å²) in [5, 5.41) is 20.7. The molecule has 2 aromatic carbocycles. The van der Waals surface area contributed by atoms with E-state index < -0.39 is 11.0 Å². The Balaban J connectivity index is 2.41. The third-order valence-corrected chi connectivity index (χ3v) is 3.71. The first-order valence-electron chi connectivity index (χ1n) is 5.98. The Morgan fingerprint density at radius 3 is 2.67 bits per heavy atom. The van der Waals surface area contributed by atoms with E-state index in [9.17, 15) is 15.2 Å². The summed E-state index contributed by atoms with van der Waals surface area (Å²) >= 11 is 9.28. The number of aliphatic hydroxyl groups excluding tert-OH is 1. The predicted molar refractivity (Wildman–Crippen MR) is 83.0 cm³/mol. The molecule has 110 valence electrons. The average Bonchev–Trinajstić information content (AvgIpc) is 2.42. The third-order valence-electron chi connectivity index (χ3n) is 2.79. The molecular formula is C14H11BrClNO4. The second-order valence-corrected chi connectivity index (χ2v) is 5.57. The Morgan fingerprint density at radius 2 is 2.10 bits per heavy atom. The van der Waals surface area contributed by atoms with Crippen LogP contribution in [0.15, 0.2) is 40.9 Å². The molecule has 0 radical (unpaired) electrons. The van der Waals surface area contributed by atoms with Crippen LogP contribution in [0.25, 0.3) is 0 Å². The number of nitro benzene ring substituents is 1. The van der Waals surface area contributed by atoms with E-state index in [1.54, 1.807) is 25.1 Å². The van der Waals surface area contributed by atoms with E-state index in [-0.39, 0.29) is 16.5 Å². The molecule has 0 spiro atoms. The summed E-state index contributed by atoms with van der Waals surface area (Å²) in [5.41, 5.74) is 0.483. The van der Waals surface area contributed by atoms with Crippen LogP contribution in [0.3, 0.4) is 0 Å². The van der Waals surface area contributed by atoms with Crippen molar-refractivity contribution in [2.24, 2.45) is 0 Å². The van der Waals surface area contributed by atoms with Gasteiger partial charge in [0.05, 0.1) is 20.5 Å². The number of hydrogen-bond donors (Lipinski definition) is 1. The van der Waals surface area contributed by atoms with E-state index in [4.69, 9.17) is 16.3 Å². The highest BCUT2D eigenvalue weighted by Gasteiger charge is 2.20. The van der Waals surface area contributed by atoms with Gasteiger partial charge in [0.2, 0.25) is 5.75 Å². The molecule has 2 aromatic rings. The van der Waals surface area contributed by atoms with Gasteiger partial charge in [-0.3, -0.25) is 10.1 Å². The van der Waals surface area contributed by atoms with Gasteiger partial charge in [0.1, 0.15) is 5.75 Å².